The van der Waals surface area contributed by atoms with Gasteiger partial charge in [0.2, 0.25) is 0 Å². The lowest BCUT2D eigenvalue weighted by atomic mass is 9.94. The van der Waals surface area contributed by atoms with Crippen LogP contribution in [-0.2, 0) is 10.0 Å². The van der Waals surface area contributed by atoms with Crippen LogP contribution in [0.1, 0.15) is 24.8 Å². The zero-order valence-electron chi connectivity index (χ0n) is 17.2. The Bertz CT molecular complexity index is 1440. The Morgan fingerprint density at radius 3 is 2.71 bits per heavy atom. The summed E-state index contributed by atoms with van der Waals surface area (Å²) in [6, 6.07) is 21.8. The van der Waals surface area contributed by atoms with Gasteiger partial charge in [-0.15, -0.1) is 0 Å². The molecule has 5 heteroatoms. The van der Waals surface area contributed by atoms with Crippen molar-refractivity contribution in [2.45, 2.75) is 30.2 Å². The molecule has 1 atom stereocenters. The summed E-state index contributed by atoms with van der Waals surface area (Å²) < 4.78 is 28.8. The predicted octanol–water partition coefficient (Wildman–Crippen LogP) is 5.28. The molecule has 3 heterocycles. The first kappa shape index (κ1) is 18.8. The van der Waals surface area contributed by atoms with Gasteiger partial charge in [0, 0.05) is 29.6 Å². The summed E-state index contributed by atoms with van der Waals surface area (Å²) in [5.74, 6) is 0. The maximum atomic E-state index is 13.7. The van der Waals surface area contributed by atoms with E-state index < -0.39 is 10.0 Å². The van der Waals surface area contributed by atoms with Gasteiger partial charge < -0.3 is 0 Å². The third-order valence-electron chi connectivity index (χ3n) is 6.84. The molecule has 0 aliphatic carbocycles. The Kier molecular flexibility index (Phi) is 4.30. The highest BCUT2D eigenvalue weighted by Gasteiger charge is 2.28. The second-order valence-electron chi connectivity index (χ2n) is 8.59. The highest BCUT2D eigenvalue weighted by molar-refractivity contribution is 7.90. The van der Waals surface area contributed by atoms with Gasteiger partial charge in [-0.2, -0.15) is 0 Å². The van der Waals surface area contributed by atoms with Crippen LogP contribution in [0.3, 0.4) is 0 Å². The monoisotopic (exact) mass is 428 g/mol. The molecule has 0 spiro atoms. The molecule has 4 aromatic rings. The van der Waals surface area contributed by atoms with Crippen molar-refractivity contribution in [2.75, 3.05) is 13.1 Å². The fraction of sp³-hybridized carbons (Fsp3) is 0.231. The van der Waals surface area contributed by atoms with Crippen LogP contribution in [0, 0.1) is 0 Å². The first-order chi connectivity index (χ1) is 15.1. The molecule has 0 amide bonds. The van der Waals surface area contributed by atoms with Gasteiger partial charge in [0.15, 0.2) is 0 Å². The van der Waals surface area contributed by atoms with Gasteiger partial charge in [0.25, 0.3) is 10.0 Å². The Morgan fingerprint density at radius 1 is 0.903 bits per heavy atom. The summed E-state index contributed by atoms with van der Waals surface area (Å²) in [5, 5.41) is 2.61. The summed E-state index contributed by atoms with van der Waals surface area (Å²) in [6.07, 6.45) is 7.57. The summed E-state index contributed by atoms with van der Waals surface area (Å²) in [5.41, 5.74) is 3.20. The summed E-state index contributed by atoms with van der Waals surface area (Å²) in [6.45, 7) is 2.19. The van der Waals surface area contributed by atoms with E-state index in [1.54, 1.807) is 12.3 Å². The van der Waals surface area contributed by atoms with Crippen LogP contribution in [0.2, 0.25) is 0 Å². The summed E-state index contributed by atoms with van der Waals surface area (Å²) >= 11 is 0. The van der Waals surface area contributed by atoms with E-state index in [0.717, 1.165) is 40.2 Å². The molecular formula is C26H24N2O2S. The molecule has 3 aromatic carbocycles. The third-order valence-corrected chi connectivity index (χ3v) is 8.59. The Labute approximate surface area is 182 Å². The van der Waals surface area contributed by atoms with Crippen molar-refractivity contribution >= 4 is 37.3 Å². The molecule has 1 saturated heterocycles. The van der Waals surface area contributed by atoms with Crippen LogP contribution in [0.25, 0.3) is 27.2 Å². The molecule has 2 aliphatic rings. The smallest absolute Gasteiger partial charge is 0.268 e. The van der Waals surface area contributed by atoms with E-state index >= 15 is 0 Å². The van der Waals surface area contributed by atoms with Crippen molar-refractivity contribution < 1.29 is 8.42 Å². The lowest BCUT2D eigenvalue weighted by Gasteiger charge is -2.29. The van der Waals surface area contributed by atoms with Gasteiger partial charge in [0.1, 0.15) is 0 Å². The van der Waals surface area contributed by atoms with Crippen LogP contribution in [0.4, 0.5) is 0 Å². The molecule has 6 rings (SSSR count). The van der Waals surface area contributed by atoms with Crippen molar-refractivity contribution in [1.82, 2.24) is 8.87 Å². The van der Waals surface area contributed by atoms with Gasteiger partial charge >= 0.3 is 0 Å². The predicted molar refractivity (Wildman–Crippen MR) is 126 cm³/mol. The van der Waals surface area contributed by atoms with Crippen molar-refractivity contribution in [1.29, 1.82) is 0 Å². The van der Waals surface area contributed by atoms with Crippen LogP contribution >= 0.6 is 0 Å². The van der Waals surface area contributed by atoms with Crippen LogP contribution in [-0.4, -0.2) is 36.4 Å². The first-order valence-corrected chi connectivity index (χ1v) is 12.3. The fourth-order valence-corrected chi connectivity index (χ4v) is 6.77. The van der Waals surface area contributed by atoms with Crippen LogP contribution < -0.4 is 0 Å². The van der Waals surface area contributed by atoms with E-state index in [0.29, 0.717) is 10.9 Å². The van der Waals surface area contributed by atoms with Crippen LogP contribution in [0.15, 0.2) is 83.9 Å². The highest BCUT2D eigenvalue weighted by atomic mass is 32.2. The maximum absolute atomic E-state index is 13.7. The van der Waals surface area contributed by atoms with Gasteiger partial charge in [0.05, 0.1) is 10.4 Å². The molecule has 156 valence electrons. The molecule has 4 nitrogen and oxygen atoms in total. The van der Waals surface area contributed by atoms with Crippen molar-refractivity contribution in [3.63, 3.8) is 0 Å². The van der Waals surface area contributed by atoms with Gasteiger partial charge in [-0.3, -0.25) is 4.90 Å². The molecule has 2 aliphatic heterocycles. The van der Waals surface area contributed by atoms with Crippen LogP contribution in [0.5, 0.6) is 0 Å². The maximum Gasteiger partial charge on any atom is 0.268 e. The third kappa shape index (κ3) is 3.03. The second kappa shape index (κ2) is 7.08. The zero-order valence-corrected chi connectivity index (χ0v) is 18.1. The lowest BCUT2D eigenvalue weighted by Crippen LogP contribution is -2.32. The highest BCUT2D eigenvalue weighted by Crippen LogP contribution is 2.34. The molecule has 0 bridgehead atoms. The van der Waals surface area contributed by atoms with Crippen molar-refractivity contribution in [3.05, 3.63) is 84.6 Å². The minimum absolute atomic E-state index is 0.340. The molecule has 1 fully saturated rings. The molecule has 1 unspecified atom stereocenters. The molecular weight excluding hydrogens is 404 g/mol. The summed E-state index contributed by atoms with van der Waals surface area (Å²) in [7, 11) is -3.72. The van der Waals surface area contributed by atoms with Crippen molar-refractivity contribution in [2.24, 2.45) is 0 Å². The Balaban J connectivity index is 1.47. The Morgan fingerprint density at radius 2 is 1.77 bits per heavy atom. The number of benzene rings is 3. The molecule has 0 radical (unpaired) electrons. The minimum Gasteiger partial charge on any atom is -0.296 e. The standard InChI is InChI=1S/C26H24N2O2S/c29-31(30,26-9-3-6-19-5-1-2-8-24(19)26)28-16-13-20-10-11-21(18-25(20)28)22-12-15-27-14-4-7-23(27)17-22/h1-3,5-6,8-13,16,18,23H,4,7,14-15,17H2. The fourth-order valence-electron chi connectivity index (χ4n) is 5.21. The number of hydrogen-bond donors (Lipinski definition) is 0. The molecule has 1 aromatic heterocycles. The van der Waals surface area contributed by atoms with E-state index in [4.69, 9.17) is 0 Å². The van der Waals surface area contributed by atoms with Crippen molar-refractivity contribution in [3.8, 4) is 0 Å². The van der Waals surface area contributed by atoms with Gasteiger partial charge in [-0.25, -0.2) is 12.4 Å². The average Bonchev–Trinajstić information content (AvgIpc) is 3.44. The molecule has 0 N–H and O–H groups in total. The minimum atomic E-state index is -3.72. The number of hydrogen-bond acceptors (Lipinski definition) is 3. The number of rotatable bonds is 3. The van der Waals surface area contributed by atoms with Gasteiger partial charge in [-0.1, -0.05) is 54.6 Å². The average molecular weight is 429 g/mol. The first-order valence-electron chi connectivity index (χ1n) is 10.9. The second-order valence-corrected chi connectivity index (χ2v) is 10.4. The molecule has 0 saturated carbocycles. The van der Waals surface area contributed by atoms with E-state index in [2.05, 4.69) is 23.1 Å². The lowest BCUT2D eigenvalue weighted by molar-refractivity contribution is 0.275. The Hall–Kier alpha value is -2.89. The quantitative estimate of drug-likeness (QED) is 0.446. The summed E-state index contributed by atoms with van der Waals surface area (Å²) in [4.78, 5) is 2.89. The molecule has 31 heavy (non-hydrogen) atoms. The van der Waals surface area contributed by atoms with Gasteiger partial charge in [-0.05, 0) is 60.5 Å². The number of aromatic nitrogens is 1. The normalized spacial score (nSPS) is 19.6. The number of fused-ring (bicyclic) bond motifs is 3. The number of nitrogens with zero attached hydrogens (tertiary/aromatic N) is 2. The SMILES string of the molecule is O=S(=O)(c1cccc2ccccc12)n1ccc2ccc(C3=CCN4CCCC4C3)cc21. The zero-order chi connectivity index (χ0) is 21.0. The van der Waals surface area contributed by atoms with E-state index in [-0.39, 0.29) is 0 Å². The van der Waals surface area contributed by atoms with E-state index in [1.165, 1.54) is 28.9 Å². The largest absolute Gasteiger partial charge is 0.296 e. The van der Waals surface area contributed by atoms with E-state index in [9.17, 15) is 8.42 Å². The van der Waals surface area contributed by atoms with E-state index in [1.807, 2.05) is 48.5 Å². The topological polar surface area (TPSA) is 42.3 Å².